The van der Waals surface area contributed by atoms with E-state index in [1.165, 1.54) is 18.9 Å². The van der Waals surface area contributed by atoms with Crippen molar-refractivity contribution in [3.05, 3.63) is 53.5 Å². The van der Waals surface area contributed by atoms with Gasteiger partial charge in [-0.3, -0.25) is 4.40 Å². The summed E-state index contributed by atoms with van der Waals surface area (Å²) in [4.78, 5) is 4.75. The van der Waals surface area contributed by atoms with Crippen molar-refractivity contribution >= 4 is 11.5 Å². The number of benzene rings is 1. The van der Waals surface area contributed by atoms with Gasteiger partial charge in [-0.15, -0.1) is 0 Å². The molecule has 4 rings (SSSR count). The molecule has 0 unspecified atom stereocenters. The first kappa shape index (κ1) is 15.2. The van der Waals surface area contributed by atoms with Gasteiger partial charge in [-0.2, -0.15) is 0 Å². The van der Waals surface area contributed by atoms with Crippen LogP contribution in [0.5, 0.6) is 0 Å². The maximum atomic E-state index is 14.5. The van der Waals surface area contributed by atoms with Gasteiger partial charge < -0.3 is 5.32 Å². The molecule has 2 heterocycles. The van der Waals surface area contributed by atoms with E-state index in [4.69, 9.17) is 4.98 Å². The molecule has 24 heavy (non-hydrogen) atoms. The molecule has 124 valence electrons. The van der Waals surface area contributed by atoms with Crippen LogP contribution in [0.15, 0.2) is 36.4 Å². The first-order valence-corrected chi connectivity index (χ1v) is 8.64. The molecule has 3 nitrogen and oxygen atoms in total. The normalized spacial score (nSPS) is 15.3. The Morgan fingerprint density at radius 1 is 1.12 bits per heavy atom. The highest BCUT2D eigenvalue weighted by molar-refractivity contribution is 5.77. The summed E-state index contributed by atoms with van der Waals surface area (Å²) >= 11 is 0. The van der Waals surface area contributed by atoms with Crippen LogP contribution in [0.4, 0.5) is 10.2 Å². The lowest BCUT2D eigenvalue weighted by molar-refractivity contribution is 0.630. The van der Waals surface area contributed by atoms with Crippen LogP contribution < -0.4 is 5.32 Å². The molecule has 1 aromatic carbocycles. The predicted molar refractivity (Wildman–Crippen MR) is 95.9 cm³/mol. The summed E-state index contributed by atoms with van der Waals surface area (Å²) in [6.45, 7) is 4.04. The number of hydrogen-bond donors (Lipinski definition) is 1. The van der Waals surface area contributed by atoms with Gasteiger partial charge in [0.05, 0.1) is 0 Å². The fourth-order valence-corrected chi connectivity index (χ4v) is 3.66. The SMILES string of the molecule is Cc1ccc(F)c(-c2nc3cccc(C)n3c2NC2CCCC2)c1. The van der Waals surface area contributed by atoms with Crippen molar-refractivity contribution in [2.75, 3.05) is 5.32 Å². The van der Waals surface area contributed by atoms with E-state index in [0.717, 1.165) is 35.6 Å². The predicted octanol–water partition coefficient (Wildman–Crippen LogP) is 5.11. The summed E-state index contributed by atoms with van der Waals surface area (Å²) in [6, 6.07) is 11.7. The van der Waals surface area contributed by atoms with E-state index in [1.54, 1.807) is 6.07 Å². The maximum absolute atomic E-state index is 14.5. The minimum absolute atomic E-state index is 0.226. The van der Waals surface area contributed by atoms with E-state index in [9.17, 15) is 4.39 Å². The molecule has 0 bridgehead atoms. The molecular formula is C20H22FN3. The summed E-state index contributed by atoms with van der Waals surface area (Å²) in [6.07, 6.45) is 4.83. The van der Waals surface area contributed by atoms with E-state index in [2.05, 4.69) is 22.7 Å². The highest BCUT2D eigenvalue weighted by Gasteiger charge is 2.22. The Morgan fingerprint density at radius 2 is 1.92 bits per heavy atom. The van der Waals surface area contributed by atoms with Gasteiger partial charge >= 0.3 is 0 Å². The smallest absolute Gasteiger partial charge is 0.139 e. The fraction of sp³-hybridized carbons (Fsp3) is 0.350. The largest absolute Gasteiger partial charge is 0.367 e. The molecule has 0 radical (unpaired) electrons. The maximum Gasteiger partial charge on any atom is 0.139 e. The van der Waals surface area contributed by atoms with Gasteiger partial charge in [0.15, 0.2) is 0 Å². The number of nitrogens with zero attached hydrogens (tertiary/aromatic N) is 2. The quantitative estimate of drug-likeness (QED) is 0.725. The van der Waals surface area contributed by atoms with Crippen LogP contribution in [0.25, 0.3) is 16.9 Å². The van der Waals surface area contributed by atoms with Crippen molar-refractivity contribution in [3.63, 3.8) is 0 Å². The van der Waals surface area contributed by atoms with Crippen LogP contribution in [-0.4, -0.2) is 15.4 Å². The summed E-state index contributed by atoms with van der Waals surface area (Å²) in [7, 11) is 0. The van der Waals surface area contributed by atoms with Crippen molar-refractivity contribution in [2.45, 2.75) is 45.6 Å². The third kappa shape index (κ3) is 2.56. The molecule has 0 amide bonds. The monoisotopic (exact) mass is 323 g/mol. The van der Waals surface area contributed by atoms with Crippen molar-refractivity contribution in [1.29, 1.82) is 0 Å². The van der Waals surface area contributed by atoms with Crippen molar-refractivity contribution < 1.29 is 4.39 Å². The second kappa shape index (κ2) is 5.93. The summed E-state index contributed by atoms with van der Waals surface area (Å²) < 4.78 is 16.6. The summed E-state index contributed by atoms with van der Waals surface area (Å²) in [5, 5.41) is 3.65. The van der Waals surface area contributed by atoms with Gasteiger partial charge in [0, 0.05) is 17.3 Å². The van der Waals surface area contributed by atoms with Crippen LogP contribution in [0.1, 0.15) is 36.9 Å². The van der Waals surface area contributed by atoms with Crippen molar-refractivity contribution in [2.24, 2.45) is 0 Å². The Balaban J connectivity index is 1.93. The van der Waals surface area contributed by atoms with Gasteiger partial charge in [0.1, 0.15) is 23.0 Å². The van der Waals surface area contributed by atoms with Gasteiger partial charge in [0.25, 0.3) is 0 Å². The molecule has 1 fully saturated rings. The van der Waals surface area contributed by atoms with E-state index >= 15 is 0 Å². The number of rotatable bonds is 3. The summed E-state index contributed by atoms with van der Waals surface area (Å²) in [5.41, 5.74) is 4.26. The molecule has 2 aromatic heterocycles. The molecule has 0 aliphatic heterocycles. The average Bonchev–Trinajstić information content (AvgIpc) is 3.19. The zero-order valence-corrected chi connectivity index (χ0v) is 14.1. The molecule has 1 saturated carbocycles. The number of aryl methyl sites for hydroxylation is 2. The standard InChI is InChI=1S/C20H22FN3/c1-13-10-11-17(21)16(12-13)19-20(22-15-7-3-4-8-15)24-14(2)6-5-9-18(24)23-19/h5-6,9-12,15,22H,3-4,7-8H2,1-2H3. The molecule has 1 aliphatic rings. The Kier molecular flexibility index (Phi) is 3.75. The number of fused-ring (bicyclic) bond motifs is 1. The molecular weight excluding hydrogens is 301 g/mol. The number of imidazole rings is 1. The number of halogens is 1. The Morgan fingerprint density at radius 3 is 2.71 bits per heavy atom. The topological polar surface area (TPSA) is 29.3 Å². The van der Waals surface area contributed by atoms with Crippen LogP contribution >= 0.6 is 0 Å². The van der Waals surface area contributed by atoms with Crippen LogP contribution in [0.3, 0.4) is 0 Å². The number of aromatic nitrogens is 2. The molecule has 0 spiro atoms. The van der Waals surface area contributed by atoms with E-state index in [1.807, 2.05) is 25.1 Å². The fourth-order valence-electron chi connectivity index (χ4n) is 3.66. The van der Waals surface area contributed by atoms with Crippen LogP contribution in [0.2, 0.25) is 0 Å². The molecule has 1 aliphatic carbocycles. The summed E-state index contributed by atoms with van der Waals surface area (Å²) in [5.74, 6) is 0.690. The Labute approximate surface area is 141 Å². The van der Waals surface area contributed by atoms with E-state index in [-0.39, 0.29) is 5.82 Å². The molecule has 0 atom stereocenters. The first-order chi connectivity index (χ1) is 11.6. The third-order valence-electron chi connectivity index (χ3n) is 4.91. The van der Waals surface area contributed by atoms with Gasteiger partial charge in [0.2, 0.25) is 0 Å². The van der Waals surface area contributed by atoms with E-state index in [0.29, 0.717) is 17.3 Å². The molecule has 3 aromatic rings. The Bertz CT molecular complexity index is 891. The first-order valence-electron chi connectivity index (χ1n) is 8.64. The number of anilines is 1. The lowest BCUT2D eigenvalue weighted by Crippen LogP contribution is -2.17. The third-order valence-corrected chi connectivity index (χ3v) is 4.91. The van der Waals surface area contributed by atoms with Crippen LogP contribution in [0, 0.1) is 19.7 Å². The average molecular weight is 323 g/mol. The highest BCUT2D eigenvalue weighted by Crippen LogP contribution is 2.34. The zero-order valence-electron chi connectivity index (χ0n) is 14.1. The lowest BCUT2D eigenvalue weighted by Gasteiger charge is -2.16. The molecule has 1 N–H and O–H groups in total. The Hall–Kier alpha value is -2.36. The second-order valence-electron chi connectivity index (χ2n) is 6.78. The highest BCUT2D eigenvalue weighted by atomic mass is 19.1. The number of pyridine rings is 1. The van der Waals surface area contributed by atoms with Gasteiger partial charge in [-0.1, -0.05) is 30.5 Å². The van der Waals surface area contributed by atoms with Crippen molar-refractivity contribution in [1.82, 2.24) is 9.38 Å². The number of hydrogen-bond acceptors (Lipinski definition) is 2. The van der Waals surface area contributed by atoms with Crippen molar-refractivity contribution in [3.8, 4) is 11.3 Å². The molecule has 4 heteroatoms. The second-order valence-corrected chi connectivity index (χ2v) is 6.78. The molecule has 0 saturated heterocycles. The number of nitrogens with one attached hydrogen (secondary N) is 1. The van der Waals surface area contributed by atoms with Gasteiger partial charge in [-0.25, -0.2) is 9.37 Å². The van der Waals surface area contributed by atoms with E-state index < -0.39 is 0 Å². The minimum atomic E-state index is -0.226. The lowest BCUT2D eigenvalue weighted by atomic mass is 10.1. The van der Waals surface area contributed by atoms with Gasteiger partial charge in [-0.05, 0) is 51.0 Å². The van der Waals surface area contributed by atoms with Crippen LogP contribution in [-0.2, 0) is 0 Å². The minimum Gasteiger partial charge on any atom is -0.367 e. The zero-order chi connectivity index (χ0) is 16.7.